The summed E-state index contributed by atoms with van der Waals surface area (Å²) in [6.45, 7) is 21.7. The minimum atomic E-state index is -0.778. The first-order valence-electron chi connectivity index (χ1n) is 13.0. The average Bonchev–Trinajstić information content (AvgIpc) is 3.27. The largest absolute Gasteiger partial charge is 0.478 e. The molecule has 198 valence electrons. The van der Waals surface area contributed by atoms with Crippen molar-refractivity contribution in [2.24, 2.45) is 5.41 Å². The normalized spacial score (nSPS) is 12.2. The van der Waals surface area contributed by atoms with Gasteiger partial charge >= 0.3 is 5.97 Å². The number of fused-ring (bicyclic) bond motifs is 1. The van der Waals surface area contributed by atoms with Crippen LogP contribution in [0.4, 0.5) is 5.69 Å². The van der Waals surface area contributed by atoms with E-state index in [2.05, 4.69) is 77.4 Å². The summed E-state index contributed by atoms with van der Waals surface area (Å²) in [5.41, 5.74) is 4.34. The van der Waals surface area contributed by atoms with E-state index in [9.17, 15) is 4.79 Å². The van der Waals surface area contributed by atoms with E-state index >= 15 is 0 Å². The summed E-state index contributed by atoms with van der Waals surface area (Å²) in [5.74, 6) is -0.778. The Hall–Kier alpha value is -2.33. The van der Waals surface area contributed by atoms with Gasteiger partial charge in [0.25, 0.3) is 0 Å². The molecule has 1 heterocycles. The van der Waals surface area contributed by atoms with Gasteiger partial charge in [-0.3, -0.25) is 0 Å². The number of aromatic carboxylic acids is 1. The second-order valence-corrected chi connectivity index (χ2v) is 9.96. The highest BCUT2D eigenvalue weighted by Crippen LogP contribution is 2.39. The van der Waals surface area contributed by atoms with E-state index in [1.807, 2.05) is 20.9 Å². The number of benzene rings is 1. The molecule has 0 saturated heterocycles. The van der Waals surface area contributed by atoms with Crippen LogP contribution in [0, 0.1) is 12.3 Å². The fourth-order valence-electron chi connectivity index (χ4n) is 3.24. The first-order chi connectivity index (χ1) is 16.6. The third-order valence-electron chi connectivity index (χ3n) is 5.36. The summed E-state index contributed by atoms with van der Waals surface area (Å²) < 4.78 is 0. The van der Waals surface area contributed by atoms with Crippen molar-refractivity contribution < 1.29 is 9.90 Å². The van der Waals surface area contributed by atoms with Gasteiger partial charge in [0.15, 0.2) is 0 Å². The van der Waals surface area contributed by atoms with Crippen molar-refractivity contribution in [3.63, 3.8) is 0 Å². The highest BCUT2D eigenvalue weighted by molar-refractivity contribution is 7.10. The predicted molar refractivity (Wildman–Crippen MR) is 159 cm³/mol. The third kappa shape index (κ3) is 16.1. The van der Waals surface area contributed by atoms with Gasteiger partial charge in [0.1, 0.15) is 0 Å². The van der Waals surface area contributed by atoms with Gasteiger partial charge in [0.05, 0.1) is 5.56 Å². The summed E-state index contributed by atoms with van der Waals surface area (Å²) >= 11 is 1.60. The lowest BCUT2D eigenvalue weighted by Crippen LogP contribution is -2.22. The Labute approximate surface area is 220 Å². The van der Waals surface area contributed by atoms with Gasteiger partial charge in [-0.05, 0) is 49.3 Å². The molecule has 0 fully saturated rings. The molecule has 1 aromatic heterocycles. The maximum Gasteiger partial charge on any atom is 0.336 e. The van der Waals surface area contributed by atoms with E-state index in [0.717, 1.165) is 18.4 Å². The monoisotopic (exact) mass is 501 g/mol. The highest BCUT2D eigenvalue weighted by Gasteiger charge is 2.29. The zero-order chi connectivity index (χ0) is 27.3. The van der Waals surface area contributed by atoms with Crippen LogP contribution in [0.15, 0.2) is 55.0 Å². The highest BCUT2D eigenvalue weighted by atomic mass is 32.1. The second-order valence-electron chi connectivity index (χ2n) is 8.99. The number of rotatable bonds is 6. The molecule has 0 spiro atoms. The SMILES string of the molecule is C=CC=C.CC.CC1(C)CCc2scc(C(=O)O)c2C1.CCCCCC.CNc1ccc(C)cc1. The van der Waals surface area contributed by atoms with Crippen LogP contribution in [0.2, 0.25) is 0 Å². The fourth-order valence-corrected chi connectivity index (χ4v) is 4.29. The summed E-state index contributed by atoms with van der Waals surface area (Å²) in [5, 5.41) is 13.8. The number of nitrogens with one attached hydrogen (secondary N) is 1. The zero-order valence-corrected chi connectivity index (χ0v) is 24.5. The number of anilines is 1. The number of carbonyl (C=O) groups is 1. The lowest BCUT2D eigenvalue weighted by atomic mass is 9.76. The molecule has 1 aliphatic carbocycles. The molecule has 0 unspecified atom stereocenters. The van der Waals surface area contributed by atoms with Crippen LogP contribution in [0.5, 0.6) is 0 Å². The maximum absolute atomic E-state index is 11.0. The van der Waals surface area contributed by atoms with Gasteiger partial charge in [-0.2, -0.15) is 0 Å². The van der Waals surface area contributed by atoms with Gasteiger partial charge in [0, 0.05) is 23.0 Å². The molecule has 35 heavy (non-hydrogen) atoms. The van der Waals surface area contributed by atoms with Crippen LogP contribution in [0.3, 0.4) is 0 Å². The van der Waals surface area contributed by atoms with E-state index in [1.54, 1.807) is 28.9 Å². The van der Waals surface area contributed by atoms with Crippen LogP contribution < -0.4 is 5.32 Å². The molecule has 0 amide bonds. The molecular formula is C31H51NO2S. The number of unbranched alkanes of at least 4 members (excludes halogenated alkanes) is 3. The molecule has 2 aromatic rings. The molecule has 2 N–H and O–H groups in total. The molecular weight excluding hydrogens is 450 g/mol. The molecule has 3 rings (SSSR count). The summed E-state index contributed by atoms with van der Waals surface area (Å²) in [4.78, 5) is 12.2. The van der Waals surface area contributed by atoms with Crippen molar-refractivity contribution in [1.29, 1.82) is 0 Å². The first kappa shape index (κ1) is 34.8. The predicted octanol–water partition coefficient (Wildman–Crippen LogP) is 9.97. The second kappa shape index (κ2) is 21.0. The molecule has 3 nitrogen and oxygen atoms in total. The molecule has 4 heteroatoms. The minimum absolute atomic E-state index is 0.262. The Kier molecular flexibility index (Phi) is 20.9. The molecule has 0 radical (unpaired) electrons. The summed E-state index contributed by atoms with van der Waals surface area (Å²) in [7, 11) is 1.92. The lowest BCUT2D eigenvalue weighted by molar-refractivity contribution is 0.0695. The van der Waals surface area contributed by atoms with E-state index in [1.165, 1.54) is 48.2 Å². The van der Waals surface area contributed by atoms with Gasteiger partial charge < -0.3 is 10.4 Å². The van der Waals surface area contributed by atoms with E-state index < -0.39 is 5.97 Å². The topological polar surface area (TPSA) is 49.3 Å². The van der Waals surface area contributed by atoms with E-state index in [0.29, 0.717) is 5.56 Å². The van der Waals surface area contributed by atoms with Crippen LogP contribution in [0.1, 0.15) is 100 Å². The molecule has 0 aliphatic heterocycles. The van der Waals surface area contributed by atoms with Crippen LogP contribution >= 0.6 is 11.3 Å². The third-order valence-corrected chi connectivity index (χ3v) is 6.45. The summed E-state index contributed by atoms with van der Waals surface area (Å²) in [6, 6.07) is 8.31. The van der Waals surface area contributed by atoms with Gasteiger partial charge in [0.2, 0.25) is 0 Å². The molecule has 0 bridgehead atoms. The Morgan fingerprint density at radius 2 is 1.60 bits per heavy atom. The van der Waals surface area contributed by atoms with E-state index in [4.69, 9.17) is 5.11 Å². The van der Waals surface area contributed by atoms with Gasteiger partial charge in [-0.15, -0.1) is 11.3 Å². The minimum Gasteiger partial charge on any atom is -0.478 e. The first-order valence-corrected chi connectivity index (χ1v) is 13.8. The smallest absolute Gasteiger partial charge is 0.336 e. The van der Waals surface area contributed by atoms with Crippen molar-refractivity contribution in [3.05, 3.63) is 76.5 Å². The Morgan fingerprint density at radius 1 is 1.09 bits per heavy atom. The standard InChI is InChI=1S/C11H14O2S.C8H11N.C6H14.C4H6.C2H6/c1-11(2)4-3-9-7(5-11)8(6-14-9)10(12)13;1-7-3-5-8(9-2)6-4-7;1-3-5-6-4-2;1-3-4-2;1-2/h6H,3-5H2,1-2H3,(H,12,13);3-6,9H,1-2H3;3-6H2,1-2H3;3-4H,1-2H2;1-2H3. The number of allylic oxidation sites excluding steroid dienone is 2. The van der Waals surface area contributed by atoms with Crippen molar-refractivity contribution in [3.8, 4) is 0 Å². The van der Waals surface area contributed by atoms with Crippen LogP contribution in [0.25, 0.3) is 0 Å². The molecule has 1 aliphatic rings. The van der Waals surface area contributed by atoms with Gasteiger partial charge in [-0.25, -0.2) is 4.79 Å². The average molecular weight is 502 g/mol. The lowest BCUT2D eigenvalue weighted by Gasteiger charge is -2.29. The van der Waals surface area contributed by atoms with Crippen LogP contribution in [-0.4, -0.2) is 18.1 Å². The number of carboxylic acids is 1. The van der Waals surface area contributed by atoms with E-state index in [-0.39, 0.29) is 5.41 Å². The number of hydrogen-bond donors (Lipinski definition) is 2. The number of thiophene rings is 1. The molecule has 0 atom stereocenters. The quantitative estimate of drug-likeness (QED) is 0.306. The fraction of sp³-hybridized carbons (Fsp3) is 0.516. The van der Waals surface area contributed by atoms with Crippen molar-refractivity contribution in [2.75, 3.05) is 12.4 Å². The Morgan fingerprint density at radius 3 is 2.00 bits per heavy atom. The van der Waals surface area contributed by atoms with Gasteiger partial charge in [-0.1, -0.05) is 110 Å². The van der Waals surface area contributed by atoms with Crippen LogP contribution in [-0.2, 0) is 12.8 Å². The van der Waals surface area contributed by atoms with Crippen molar-refractivity contribution >= 4 is 23.0 Å². The van der Waals surface area contributed by atoms with Crippen molar-refractivity contribution in [2.45, 2.75) is 93.4 Å². The number of carboxylic acid groups (broad SMARTS) is 1. The Balaban J connectivity index is 0. The molecule has 0 saturated carbocycles. The summed E-state index contributed by atoms with van der Waals surface area (Å²) in [6.07, 6.45) is 11.9. The maximum atomic E-state index is 11.0. The zero-order valence-electron chi connectivity index (χ0n) is 23.7. The molecule has 1 aromatic carbocycles. The van der Waals surface area contributed by atoms with Crippen molar-refractivity contribution in [1.82, 2.24) is 0 Å². The number of hydrogen-bond acceptors (Lipinski definition) is 3. The number of aryl methyl sites for hydroxylation is 2. The Bertz CT molecular complexity index is 809.